The first-order valence-corrected chi connectivity index (χ1v) is 8.41. The molecule has 0 bridgehead atoms. The zero-order valence-electron chi connectivity index (χ0n) is 13.9. The van der Waals surface area contributed by atoms with E-state index in [1.807, 2.05) is 55.5 Å². The molecular formula is C20H22N2O2. The standard InChI is InChI=1S/C20H22N2O2/c1-2-20(17-13-7-4-8-14-17)18(23)22(19(24)21-20)15-9-12-16-10-5-3-6-11-16/h3-8,10-11,13-14H,2,9,12,15H2,1H3,(H,21,24)/t20-/m1/s1. The molecule has 1 atom stereocenters. The number of carbonyl (C=O) groups excluding carboxylic acids is 2. The average molecular weight is 322 g/mol. The predicted octanol–water partition coefficient (Wildman–Crippen LogP) is 3.48. The lowest BCUT2D eigenvalue weighted by molar-refractivity contribution is -0.131. The van der Waals surface area contributed by atoms with Gasteiger partial charge in [0, 0.05) is 6.54 Å². The number of nitrogens with zero attached hydrogens (tertiary/aromatic N) is 1. The van der Waals surface area contributed by atoms with Crippen molar-refractivity contribution in [3.8, 4) is 0 Å². The van der Waals surface area contributed by atoms with Gasteiger partial charge in [-0.25, -0.2) is 4.79 Å². The van der Waals surface area contributed by atoms with Crippen molar-refractivity contribution < 1.29 is 9.59 Å². The van der Waals surface area contributed by atoms with Gasteiger partial charge in [0.05, 0.1) is 0 Å². The van der Waals surface area contributed by atoms with E-state index < -0.39 is 5.54 Å². The third-order valence-corrected chi connectivity index (χ3v) is 4.66. The first-order valence-electron chi connectivity index (χ1n) is 8.41. The normalized spacial score (nSPS) is 20.3. The van der Waals surface area contributed by atoms with Crippen LogP contribution >= 0.6 is 0 Å². The lowest BCUT2D eigenvalue weighted by Crippen LogP contribution is -2.43. The second-order valence-corrected chi connectivity index (χ2v) is 6.10. The van der Waals surface area contributed by atoms with Crippen molar-refractivity contribution in [2.24, 2.45) is 0 Å². The molecule has 1 aliphatic rings. The number of hydrogen-bond acceptors (Lipinski definition) is 2. The summed E-state index contributed by atoms with van der Waals surface area (Å²) in [5, 5.41) is 2.92. The number of amides is 3. The van der Waals surface area contributed by atoms with Gasteiger partial charge in [-0.05, 0) is 30.4 Å². The number of hydrogen-bond donors (Lipinski definition) is 1. The van der Waals surface area contributed by atoms with Gasteiger partial charge in [0.1, 0.15) is 5.54 Å². The Morgan fingerprint density at radius 3 is 2.21 bits per heavy atom. The Labute approximate surface area is 142 Å². The molecule has 2 aromatic carbocycles. The van der Waals surface area contributed by atoms with Crippen LogP contribution in [0.2, 0.25) is 0 Å². The van der Waals surface area contributed by atoms with Crippen molar-refractivity contribution >= 4 is 11.9 Å². The highest BCUT2D eigenvalue weighted by molar-refractivity contribution is 6.07. The van der Waals surface area contributed by atoms with Crippen LogP contribution in [0.25, 0.3) is 0 Å². The number of imide groups is 1. The molecule has 0 saturated carbocycles. The third-order valence-electron chi connectivity index (χ3n) is 4.66. The largest absolute Gasteiger partial charge is 0.325 e. The van der Waals surface area contributed by atoms with Crippen LogP contribution in [0.1, 0.15) is 30.9 Å². The predicted molar refractivity (Wildman–Crippen MR) is 93.4 cm³/mol. The van der Waals surface area contributed by atoms with Crippen LogP contribution < -0.4 is 5.32 Å². The number of carbonyl (C=O) groups is 2. The Morgan fingerprint density at radius 1 is 0.958 bits per heavy atom. The van der Waals surface area contributed by atoms with Crippen molar-refractivity contribution in [3.63, 3.8) is 0 Å². The lowest BCUT2D eigenvalue weighted by atomic mass is 9.87. The molecule has 2 aromatic rings. The molecule has 0 aromatic heterocycles. The minimum absolute atomic E-state index is 0.144. The molecule has 1 fully saturated rings. The summed E-state index contributed by atoms with van der Waals surface area (Å²) < 4.78 is 0. The Bertz CT molecular complexity index is 715. The minimum Gasteiger partial charge on any atom is -0.319 e. The fourth-order valence-corrected chi connectivity index (χ4v) is 3.28. The smallest absolute Gasteiger partial charge is 0.319 e. The van der Waals surface area contributed by atoms with Gasteiger partial charge in [0.15, 0.2) is 0 Å². The molecule has 1 heterocycles. The number of rotatable bonds is 6. The summed E-state index contributed by atoms with van der Waals surface area (Å²) in [6.45, 7) is 2.37. The number of nitrogens with one attached hydrogen (secondary N) is 1. The minimum atomic E-state index is -0.926. The summed E-state index contributed by atoms with van der Waals surface area (Å²) in [7, 11) is 0. The SMILES string of the molecule is CC[C@]1(c2ccccc2)NC(=O)N(CCCc2ccccc2)C1=O. The highest BCUT2D eigenvalue weighted by Gasteiger charge is 2.50. The highest BCUT2D eigenvalue weighted by atomic mass is 16.2. The van der Waals surface area contributed by atoms with E-state index in [0.717, 1.165) is 18.4 Å². The molecule has 0 radical (unpaired) electrons. The van der Waals surface area contributed by atoms with E-state index in [0.29, 0.717) is 13.0 Å². The van der Waals surface area contributed by atoms with E-state index >= 15 is 0 Å². The summed E-state index contributed by atoms with van der Waals surface area (Å²) in [5.41, 5.74) is 1.14. The molecule has 3 amide bonds. The molecular weight excluding hydrogens is 300 g/mol. The van der Waals surface area contributed by atoms with Crippen LogP contribution in [0, 0.1) is 0 Å². The highest BCUT2D eigenvalue weighted by Crippen LogP contribution is 2.32. The van der Waals surface area contributed by atoms with Gasteiger partial charge in [-0.3, -0.25) is 9.69 Å². The van der Waals surface area contributed by atoms with Gasteiger partial charge >= 0.3 is 6.03 Å². The van der Waals surface area contributed by atoms with E-state index in [2.05, 4.69) is 17.4 Å². The zero-order chi connectivity index (χ0) is 17.0. The maximum absolute atomic E-state index is 13.0. The number of benzene rings is 2. The third kappa shape index (κ3) is 2.92. The molecule has 1 aliphatic heterocycles. The maximum atomic E-state index is 13.0. The average Bonchev–Trinajstić information content (AvgIpc) is 2.88. The quantitative estimate of drug-likeness (QED) is 0.828. The van der Waals surface area contributed by atoms with Crippen LogP contribution in [-0.4, -0.2) is 23.4 Å². The van der Waals surface area contributed by atoms with Crippen molar-refractivity contribution in [1.29, 1.82) is 0 Å². The monoisotopic (exact) mass is 322 g/mol. The first-order chi connectivity index (χ1) is 11.7. The Kier molecular flexibility index (Phi) is 4.65. The van der Waals surface area contributed by atoms with Crippen LogP contribution in [0.4, 0.5) is 4.79 Å². The van der Waals surface area contributed by atoms with Crippen molar-refractivity contribution in [2.45, 2.75) is 31.7 Å². The topological polar surface area (TPSA) is 49.4 Å². The summed E-state index contributed by atoms with van der Waals surface area (Å²) in [4.78, 5) is 26.7. The summed E-state index contributed by atoms with van der Waals surface area (Å²) in [6, 6.07) is 19.3. The van der Waals surface area contributed by atoms with Gasteiger partial charge in [-0.1, -0.05) is 67.6 Å². The zero-order valence-corrected chi connectivity index (χ0v) is 13.9. The van der Waals surface area contributed by atoms with E-state index in [1.165, 1.54) is 10.5 Å². The van der Waals surface area contributed by atoms with E-state index in [9.17, 15) is 9.59 Å². The molecule has 24 heavy (non-hydrogen) atoms. The van der Waals surface area contributed by atoms with Crippen LogP contribution in [0.5, 0.6) is 0 Å². The molecule has 124 valence electrons. The molecule has 4 nitrogen and oxygen atoms in total. The second kappa shape index (κ2) is 6.87. The van der Waals surface area contributed by atoms with Gasteiger partial charge in [-0.15, -0.1) is 0 Å². The maximum Gasteiger partial charge on any atom is 0.325 e. The van der Waals surface area contributed by atoms with Crippen LogP contribution in [0.3, 0.4) is 0 Å². The van der Waals surface area contributed by atoms with Crippen molar-refractivity contribution in [1.82, 2.24) is 10.2 Å². The Morgan fingerprint density at radius 2 is 1.58 bits per heavy atom. The number of urea groups is 1. The molecule has 0 spiro atoms. The lowest BCUT2D eigenvalue weighted by Gasteiger charge is -2.25. The molecule has 3 rings (SSSR count). The molecule has 4 heteroatoms. The van der Waals surface area contributed by atoms with Crippen LogP contribution in [0.15, 0.2) is 60.7 Å². The molecule has 1 N–H and O–H groups in total. The van der Waals surface area contributed by atoms with Crippen LogP contribution in [-0.2, 0) is 16.8 Å². The van der Waals surface area contributed by atoms with Gasteiger partial charge in [0.25, 0.3) is 5.91 Å². The summed E-state index contributed by atoms with van der Waals surface area (Å²) in [6.07, 6.45) is 2.15. The molecule has 1 saturated heterocycles. The van der Waals surface area contributed by atoms with E-state index in [1.54, 1.807) is 0 Å². The first kappa shape index (κ1) is 16.2. The molecule has 0 aliphatic carbocycles. The van der Waals surface area contributed by atoms with Gasteiger partial charge in [-0.2, -0.15) is 0 Å². The Hall–Kier alpha value is -2.62. The van der Waals surface area contributed by atoms with E-state index in [4.69, 9.17) is 0 Å². The molecule has 0 unspecified atom stereocenters. The van der Waals surface area contributed by atoms with E-state index in [-0.39, 0.29) is 11.9 Å². The summed E-state index contributed by atoms with van der Waals surface area (Å²) in [5.74, 6) is -0.144. The van der Waals surface area contributed by atoms with Crippen molar-refractivity contribution in [2.75, 3.05) is 6.54 Å². The Balaban J connectivity index is 1.71. The van der Waals surface area contributed by atoms with Gasteiger partial charge in [0.2, 0.25) is 0 Å². The fraction of sp³-hybridized carbons (Fsp3) is 0.300. The number of aryl methyl sites for hydroxylation is 1. The fourth-order valence-electron chi connectivity index (χ4n) is 3.28. The summed E-state index contributed by atoms with van der Waals surface area (Å²) >= 11 is 0. The van der Waals surface area contributed by atoms with Gasteiger partial charge < -0.3 is 5.32 Å². The second-order valence-electron chi connectivity index (χ2n) is 6.10. The van der Waals surface area contributed by atoms with Crippen molar-refractivity contribution in [3.05, 3.63) is 71.8 Å².